The second-order valence-corrected chi connectivity index (χ2v) is 7.50. The first-order valence-electron chi connectivity index (χ1n) is 9.67. The summed E-state index contributed by atoms with van der Waals surface area (Å²) in [5.41, 5.74) is 6.03. The largest absolute Gasteiger partial charge is 0.493 e. The Labute approximate surface area is 165 Å². The van der Waals surface area contributed by atoms with E-state index in [0.29, 0.717) is 17.9 Å². The third-order valence-corrected chi connectivity index (χ3v) is 5.52. The molecule has 146 valence electrons. The number of aromatic amines is 1. The van der Waals surface area contributed by atoms with Crippen molar-refractivity contribution in [3.8, 4) is 11.5 Å². The van der Waals surface area contributed by atoms with Gasteiger partial charge in [-0.1, -0.05) is 17.7 Å². The maximum Gasteiger partial charge on any atom is 0.224 e. The highest BCUT2D eigenvalue weighted by Gasteiger charge is 2.23. The van der Waals surface area contributed by atoms with Gasteiger partial charge in [-0.2, -0.15) is 0 Å². The van der Waals surface area contributed by atoms with E-state index in [9.17, 15) is 4.79 Å². The molecule has 5 nitrogen and oxygen atoms in total. The first-order chi connectivity index (χ1) is 13.6. The zero-order valence-corrected chi connectivity index (χ0v) is 16.6. The fourth-order valence-electron chi connectivity index (χ4n) is 4.12. The third-order valence-electron chi connectivity index (χ3n) is 5.52. The molecule has 0 radical (unpaired) electrons. The SMILES string of the molecule is COc1ccc(CC(=O)NC2CCc3c([nH]c4ccc(C)cc34)C2)cc1OC. The summed E-state index contributed by atoms with van der Waals surface area (Å²) in [5.74, 6) is 1.34. The molecule has 3 aromatic rings. The molecule has 28 heavy (non-hydrogen) atoms. The predicted molar refractivity (Wildman–Crippen MR) is 110 cm³/mol. The number of carbonyl (C=O) groups excluding carboxylic acids is 1. The number of benzene rings is 2. The molecule has 0 fully saturated rings. The zero-order chi connectivity index (χ0) is 19.7. The van der Waals surface area contributed by atoms with Crippen molar-refractivity contribution >= 4 is 16.8 Å². The van der Waals surface area contributed by atoms with E-state index in [1.54, 1.807) is 14.2 Å². The Morgan fingerprint density at radius 3 is 2.75 bits per heavy atom. The summed E-state index contributed by atoms with van der Waals surface area (Å²) in [6.45, 7) is 2.12. The molecule has 1 heterocycles. The number of amides is 1. The van der Waals surface area contributed by atoms with Crippen molar-refractivity contribution in [2.75, 3.05) is 14.2 Å². The number of rotatable bonds is 5. The standard InChI is InChI=1S/C23H26N2O3/c1-14-4-8-19-18(10-14)17-7-6-16(13-20(17)25-19)24-23(26)12-15-5-9-21(27-2)22(11-15)28-3/h4-5,8-11,16,25H,6-7,12-13H2,1-3H3,(H,24,26). The Kier molecular flexibility index (Phi) is 4.99. The monoisotopic (exact) mass is 378 g/mol. The quantitative estimate of drug-likeness (QED) is 0.711. The average molecular weight is 378 g/mol. The highest BCUT2D eigenvalue weighted by molar-refractivity contribution is 5.86. The number of carbonyl (C=O) groups is 1. The third kappa shape index (κ3) is 3.57. The molecule has 1 aliphatic rings. The molecule has 0 spiro atoms. The second kappa shape index (κ2) is 7.58. The second-order valence-electron chi connectivity index (χ2n) is 7.50. The minimum atomic E-state index is 0.0348. The maximum absolute atomic E-state index is 12.6. The van der Waals surface area contributed by atoms with Crippen LogP contribution in [0.1, 0.15) is 28.8 Å². The molecule has 1 unspecified atom stereocenters. The molecule has 1 atom stereocenters. The lowest BCUT2D eigenvalue weighted by molar-refractivity contribution is -0.121. The number of aryl methyl sites for hydroxylation is 2. The van der Waals surface area contributed by atoms with Gasteiger partial charge in [-0.3, -0.25) is 4.79 Å². The van der Waals surface area contributed by atoms with E-state index in [2.05, 4.69) is 35.4 Å². The number of hydrogen-bond acceptors (Lipinski definition) is 3. The van der Waals surface area contributed by atoms with Gasteiger partial charge in [-0.25, -0.2) is 0 Å². The summed E-state index contributed by atoms with van der Waals surface area (Å²) in [6, 6.07) is 12.3. The molecule has 0 saturated carbocycles. The number of fused-ring (bicyclic) bond motifs is 3. The van der Waals surface area contributed by atoms with Crippen molar-refractivity contribution in [2.24, 2.45) is 0 Å². The predicted octanol–water partition coefficient (Wildman–Crippen LogP) is 3.71. The average Bonchev–Trinajstić information content (AvgIpc) is 3.04. The van der Waals surface area contributed by atoms with Gasteiger partial charge in [0.05, 0.1) is 20.6 Å². The van der Waals surface area contributed by atoms with E-state index in [4.69, 9.17) is 9.47 Å². The number of methoxy groups -OCH3 is 2. The van der Waals surface area contributed by atoms with Crippen molar-refractivity contribution in [1.82, 2.24) is 10.3 Å². The van der Waals surface area contributed by atoms with E-state index in [-0.39, 0.29) is 11.9 Å². The number of aromatic nitrogens is 1. The van der Waals surface area contributed by atoms with Crippen LogP contribution in [-0.4, -0.2) is 31.2 Å². The summed E-state index contributed by atoms with van der Waals surface area (Å²) in [5, 5.41) is 4.52. The van der Waals surface area contributed by atoms with Crippen molar-refractivity contribution in [3.05, 3.63) is 58.8 Å². The zero-order valence-electron chi connectivity index (χ0n) is 16.6. The van der Waals surface area contributed by atoms with E-state index in [0.717, 1.165) is 24.8 Å². The molecule has 1 aromatic heterocycles. The van der Waals surface area contributed by atoms with Gasteiger partial charge >= 0.3 is 0 Å². The fourth-order valence-corrected chi connectivity index (χ4v) is 4.12. The molecule has 4 rings (SSSR count). The highest BCUT2D eigenvalue weighted by Crippen LogP contribution is 2.30. The van der Waals surface area contributed by atoms with Crippen LogP contribution >= 0.6 is 0 Å². The lowest BCUT2D eigenvalue weighted by Gasteiger charge is -2.23. The molecule has 0 saturated heterocycles. The van der Waals surface area contributed by atoms with Gasteiger partial charge in [-0.05, 0) is 55.2 Å². The summed E-state index contributed by atoms with van der Waals surface area (Å²) in [6.07, 6.45) is 3.13. The van der Waals surface area contributed by atoms with Crippen molar-refractivity contribution in [1.29, 1.82) is 0 Å². The molecule has 2 aromatic carbocycles. The summed E-state index contributed by atoms with van der Waals surface area (Å²) in [7, 11) is 3.20. The molecule has 0 aliphatic heterocycles. The summed E-state index contributed by atoms with van der Waals surface area (Å²) >= 11 is 0. The lowest BCUT2D eigenvalue weighted by Crippen LogP contribution is -2.39. The van der Waals surface area contributed by atoms with Crippen LogP contribution in [0.5, 0.6) is 11.5 Å². The molecular weight excluding hydrogens is 352 g/mol. The fraction of sp³-hybridized carbons (Fsp3) is 0.348. The first-order valence-corrected chi connectivity index (χ1v) is 9.67. The molecule has 1 amide bonds. The first kappa shape index (κ1) is 18.4. The Hall–Kier alpha value is -2.95. The minimum Gasteiger partial charge on any atom is -0.493 e. The Balaban J connectivity index is 1.43. The number of ether oxygens (including phenoxy) is 2. The lowest BCUT2D eigenvalue weighted by atomic mass is 9.91. The van der Waals surface area contributed by atoms with E-state index < -0.39 is 0 Å². The summed E-state index contributed by atoms with van der Waals surface area (Å²) in [4.78, 5) is 16.1. The van der Waals surface area contributed by atoms with Crippen LogP contribution in [-0.2, 0) is 24.1 Å². The smallest absolute Gasteiger partial charge is 0.224 e. The van der Waals surface area contributed by atoms with Gasteiger partial charge in [0.15, 0.2) is 11.5 Å². The Morgan fingerprint density at radius 2 is 1.96 bits per heavy atom. The van der Waals surface area contributed by atoms with Crippen molar-refractivity contribution < 1.29 is 14.3 Å². The Bertz CT molecular complexity index is 1020. The van der Waals surface area contributed by atoms with Crippen LogP contribution in [0, 0.1) is 6.92 Å². The Morgan fingerprint density at radius 1 is 1.14 bits per heavy atom. The van der Waals surface area contributed by atoms with Crippen molar-refractivity contribution in [2.45, 2.75) is 38.6 Å². The van der Waals surface area contributed by atoms with Crippen LogP contribution < -0.4 is 14.8 Å². The van der Waals surface area contributed by atoms with Gasteiger partial charge in [0, 0.05) is 29.1 Å². The van der Waals surface area contributed by atoms with Crippen LogP contribution in [0.15, 0.2) is 36.4 Å². The number of nitrogens with one attached hydrogen (secondary N) is 2. The van der Waals surface area contributed by atoms with E-state index in [1.807, 2.05) is 18.2 Å². The van der Waals surface area contributed by atoms with Crippen LogP contribution in [0.3, 0.4) is 0 Å². The van der Waals surface area contributed by atoms with Gasteiger partial charge in [-0.15, -0.1) is 0 Å². The van der Waals surface area contributed by atoms with Crippen molar-refractivity contribution in [3.63, 3.8) is 0 Å². The van der Waals surface area contributed by atoms with E-state index in [1.165, 1.54) is 27.7 Å². The molecule has 0 bridgehead atoms. The molecule has 5 heteroatoms. The highest BCUT2D eigenvalue weighted by atomic mass is 16.5. The van der Waals surface area contributed by atoms with Gasteiger partial charge in [0.2, 0.25) is 5.91 Å². The number of H-pyrrole nitrogens is 1. The normalized spacial score (nSPS) is 15.9. The minimum absolute atomic E-state index is 0.0348. The molecule has 1 aliphatic carbocycles. The summed E-state index contributed by atoms with van der Waals surface area (Å²) < 4.78 is 10.6. The molecule has 2 N–H and O–H groups in total. The topological polar surface area (TPSA) is 63.3 Å². The van der Waals surface area contributed by atoms with Crippen LogP contribution in [0.4, 0.5) is 0 Å². The van der Waals surface area contributed by atoms with Crippen LogP contribution in [0.2, 0.25) is 0 Å². The van der Waals surface area contributed by atoms with Gasteiger partial charge in [0.25, 0.3) is 0 Å². The van der Waals surface area contributed by atoms with Gasteiger partial charge < -0.3 is 19.8 Å². The molecular formula is C23H26N2O3. The number of hydrogen-bond donors (Lipinski definition) is 2. The van der Waals surface area contributed by atoms with Crippen LogP contribution in [0.25, 0.3) is 10.9 Å². The van der Waals surface area contributed by atoms with Gasteiger partial charge in [0.1, 0.15) is 0 Å². The van der Waals surface area contributed by atoms with E-state index >= 15 is 0 Å². The maximum atomic E-state index is 12.6.